The Morgan fingerprint density at radius 1 is 1.16 bits per heavy atom. The van der Waals surface area contributed by atoms with Crippen LogP contribution in [0.4, 0.5) is 0 Å². The minimum atomic E-state index is -1.10. The molecule has 0 spiro atoms. The fraction of sp³-hybridized carbons (Fsp3) is 0.579. The lowest BCUT2D eigenvalue weighted by atomic mass is 9.95. The molecule has 0 radical (unpaired) electrons. The van der Waals surface area contributed by atoms with Gasteiger partial charge >= 0.3 is 5.97 Å². The molecule has 1 aliphatic carbocycles. The number of carbonyl (C=O) groups excluding carboxylic acids is 2. The zero-order valence-corrected chi connectivity index (χ0v) is 15.0. The molecule has 1 aromatic carbocycles. The molecule has 2 N–H and O–H groups in total. The average molecular weight is 348 g/mol. The van der Waals surface area contributed by atoms with Gasteiger partial charge in [-0.2, -0.15) is 0 Å². The van der Waals surface area contributed by atoms with Gasteiger partial charge in [-0.3, -0.25) is 10.1 Å². The first-order valence-corrected chi connectivity index (χ1v) is 8.84. The van der Waals surface area contributed by atoms with E-state index in [1.807, 2.05) is 30.3 Å². The van der Waals surface area contributed by atoms with E-state index in [9.17, 15) is 9.59 Å². The zero-order valence-electron chi connectivity index (χ0n) is 15.0. The summed E-state index contributed by atoms with van der Waals surface area (Å²) in [5.74, 6) is 0.0849. The number of esters is 1. The fourth-order valence-corrected chi connectivity index (χ4v) is 2.95. The molecule has 1 fully saturated rings. The third-order valence-corrected chi connectivity index (χ3v) is 4.52. The second-order valence-corrected chi connectivity index (χ2v) is 6.68. The number of carbonyl (C=O) groups is 2. The number of nitrogens with one attached hydrogen (secondary N) is 2. The molecule has 2 rings (SSSR count). The fourth-order valence-electron chi connectivity index (χ4n) is 2.95. The molecular weight excluding hydrogens is 320 g/mol. The molecule has 0 saturated heterocycles. The summed E-state index contributed by atoms with van der Waals surface area (Å²) in [7, 11) is 1.33. The molecule has 25 heavy (non-hydrogen) atoms. The normalized spacial score (nSPS) is 17.4. The van der Waals surface area contributed by atoms with Crippen LogP contribution in [0.5, 0.6) is 5.75 Å². The molecule has 0 heterocycles. The van der Waals surface area contributed by atoms with Gasteiger partial charge in [-0.05, 0) is 31.9 Å². The zero-order chi connectivity index (χ0) is 18.1. The van der Waals surface area contributed by atoms with Crippen molar-refractivity contribution >= 4 is 11.9 Å². The van der Waals surface area contributed by atoms with Crippen molar-refractivity contribution in [3.63, 3.8) is 0 Å². The molecule has 0 aliphatic heterocycles. The van der Waals surface area contributed by atoms with Gasteiger partial charge in [0, 0.05) is 6.04 Å². The third-order valence-electron chi connectivity index (χ3n) is 4.52. The summed E-state index contributed by atoms with van der Waals surface area (Å²) in [4.78, 5) is 24.3. The molecule has 0 unspecified atom stereocenters. The highest BCUT2D eigenvalue weighted by molar-refractivity contribution is 5.83. The van der Waals surface area contributed by atoms with Crippen LogP contribution >= 0.6 is 0 Å². The van der Waals surface area contributed by atoms with Gasteiger partial charge in [0.2, 0.25) is 5.91 Å². The number of para-hydroxylation sites is 1. The second kappa shape index (κ2) is 9.42. The first-order chi connectivity index (χ1) is 12.0. The van der Waals surface area contributed by atoms with Crippen molar-refractivity contribution < 1.29 is 19.1 Å². The number of hydrogen-bond donors (Lipinski definition) is 2. The molecule has 0 bridgehead atoms. The Balaban J connectivity index is 1.87. The minimum absolute atomic E-state index is 0.0419. The monoisotopic (exact) mass is 348 g/mol. The van der Waals surface area contributed by atoms with Crippen LogP contribution in [-0.4, -0.2) is 43.7 Å². The molecule has 6 heteroatoms. The van der Waals surface area contributed by atoms with Gasteiger partial charge < -0.3 is 14.8 Å². The summed E-state index contributed by atoms with van der Waals surface area (Å²) in [5, 5.41) is 6.02. The van der Waals surface area contributed by atoms with Crippen LogP contribution in [0.2, 0.25) is 0 Å². The maximum Gasteiger partial charge on any atom is 0.329 e. The van der Waals surface area contributed by atoms with E-state index < -0.39 is 11.5 Å². The summed E-state index contributed by atoms with van der Waals surface area (Å²) >= 11 is 0. The Kier molecular flexibility index (Phi) is 7.25. The van der Waals surface area contributed by atoms with Crippen LogP contribution < -0.4 is 15.4 Å². The first kappa shape index (κ1) is 19.2. The maximum absolute atomic E-state index is 12.2. The summed E-state index contributed by atoms with van der Waals surface area (Å²) in [5.41, 5.74) is -1.10. The van der Waals surface area contributed by atoms with E-state index in [0.717, 1.165) is 25.7 Å². The van der Waals surface area contributed by atoms with E-state index in [1.54, 1.807) is 6.92 Å². The molecule has 6 nitrogen and oxygen atoms in total. The Morgan fingerprint density at radius 2 is 1.84 bits per heavy atom. The largest absolute Gasteiger partial charge is 0.491 e. The van der Waals surface area contributed by atoms with E-state index in [4.69, 9.17) is 9.47 Å². The Bertz CT molecular complexity index is 558. The van der Waals surface area contributed by atoms with Gasteiger partial charge in [-0.25, -0.2) is 4.79 Å². The third kappa shape index (κ3) is 6.05. The predicted octanol–water partition coefficient (Wildman–Crippen LogP) is 2.04. The second-order valence-electron chi connectivity index (χ2n) is 6.68. The van der Waals surface area contributed by atoms with Crippen molar-refractivity contribution in [3.05, 3.63) is 30.3 Å². The van der Waals surface area contributed by atoms with Crippen molar-refractivity contribution in [1.29, 1.82) is 0 Å². The van der Waals surface area contributed by atoms with Crippen LogP contribution in [0.3, 0.4) is 0 Å². The van der Waals surface area contributed by atoms with Crippen LogP contribution in [0.25, 0.3) is 0 Å². The Hall–Kier alpha value is -2.08. The molecule has 1 aliphatic rings. The SMILES string of the molecule is COC(=O)[C@@](C)(COc1ccccc1)NCC(=O)NC1CCCCC1. The molecule has 1 atom stereocenters. The quantitative estimate of drug-likeness (QED) is 0.703. The Morgan fingerprint density at radius 3 is 2.48 bits per heavy atom. The lowest BCUT2D eigenvalue weighted by molar-refractivity contribution is -0.149. The van der Waals surface area contributed by atoms with Crippen molar-refractivity contribution in [2.45, 2.75) is 50.6 Å². The van der Waals surface area contributed by atoms with Crippen LogP contribution in [0.1, 0.15) is 39.0 Å². The van der Waals surface area contributed by atoms with Gasteiger partial charge in [0.05, 0.1) is 13.7 Å². The number of amides is 1. The van der Waals surface area contributed by atoms with Crippen molar-refractivity contribution in [2.24, 2.45) is 0 Å². The first-order valence-electron chi connectivity index (χ1n) is 8.84. The summed E-state index contributed by atoms with van der Waals surface area (Å²) in [6.45, 7) is 1.79. The van der Waals surface area contributed by atoms with Gasteiger partial charge in [-0.15, -0.1) is 0 Å². The molecular formula is C19H28N2O4. The lowest BCUT2D eigenvalue weighted by Gasteiger charge is -2.28. The van der Waals surface area contributed by atoms with Crippen LogP contribution in [-0.2, 0) is 14.3 Å². The van der Waals surface area contributed by atoms with E-state index in [1.165, 1.54) is 13.5 Å². The van der Waals surface area contributed by atoms with Crippen LogP contribution in [0, 0.1) is 0 Å². The maximum atomic E-state index is 12.2. The number of benzene rings is 1. The number of rotatable bonds is 8. The Labute approximate surface area is 149 Å². The summed E-state index contributed by atoms with van der Waals surface area (Å²) < 4.78 is 10.6. The van der Waals surface area contributed by atoms with Crippen LogP contribution in [0.15, 0.2) is 30.3 Å². The molecule has 138 valence electrons. The summed E-state index contributed by atoms with van der Waals surface area (Å²) in [6.07, 6.45) is 5.60. The predicted molar refractivity (Wildman–Crippen MR) is 95.4 cm³/mol. The topological polar surface area (TPSA) is 76.7 Å². The molecule has 1 amide bonds. The highest BCUT2D eigenvalue weighted by Gasteiger charge is 2.36. The molecule has 0 aromatic heterocycles. The van der Waals surface area contributed by atoms with Crippen molar-refractivity contribution in [1.82, 2.24) is 10.6 Å². The van der Waals surface area contributed by atoms with E-state index >= 15 is 0 Å². The van der Waals surface area contributed by atoms with Gasteiger partial charge in [0.15, 0.2) is 0 Å². The number of methoxy groups -OCH3 is 1. The number of hydrogen-bond acceptors (Lipinski definition) is 5. The lowest BCUT2D eigenvalue weighted by Crippen LogP contribution is -2.57. The van der Waals surface area contributed by atoms with Gasteiger partial charge in [0.1, 0.15) is 17.9 Å². The highest BCUT2D eigenvalue weighted by atomic mass is 16.5. The van der Waals surface area contributed by atoms with Crippen molar-refractivity contribution in [3.8, 4) is 5.75 Å². The van der Waals surface area contributed by atoms with Crippen molar-refractivity contribution in [2.75, 3.05) is 20.3 Å². The smallest absolute Gasteiger partial charge is 0.329 e. The van der Waals surface area contributed by atoms with E-state index in [2.05, 4.69) is 10.6 Å². The standard InChI is InChI=1S/C19H28N2O4/c1-19(18(23)24-2,14-25-16-11-7-4-8-12-16)20-13-17(22)21-15-9-5-3-6-10-15/h4,7-8,11-12,15,20H,3,5-6,9-10,13-14H2,1-2H3,(H,21,22)/t19-/m1/s1. The van der Waals surface area contributed by atoms with E-state index in [-0.39, 0.29) is 25.1 Å². The van der Waals surface area contributed by atoms with E-state index in [0.29, 0.717) is 5.75 Å². The van der Waals surface area contributed by atoms with Gasteiger partial charge in [-0.1, -0.05) is 37.5 Å². The molecule has 1 saturated carbocycles. The summed E-state index contributed by atoms with van der Waals surface area (Å²) in [6, 6.07) is 9.47. The number of ether oxygens (including phenoxy) is 2. The van der Waals surface area contributed by atoms with Gasteiger partial charge in [0.25, 0.3) is 0 Å². The average Bonchev–Trinajstić information content (AvgIpc) is 2.65. The highest BCUT2D eigenvalue weighted by Crippen LogP contribution is 2.17. The molecule has 1 aromatic rings. The minimum Gasteiger partial charge on any atom is -0.491 e.